The van der Waals surface area contributed by atoms with Crippen molar-refractivity contribution in [3.05, 3.63) is 64.1 Å². The van der Waals surface area contributed by atoms with Gasteiger partial charge < -0.3 is 18.6 Å². The summed E-state index contributed by atoms with van der Waals surface area (Å²) in [4.78, 5) is 12.5. The van der Waals surface area contributed by atoms with Crippen LogP contribution in [-0.2, 0) is 0 Å². The highest BCUT2D eigenvalue weighted by atomic mass is 16.5. The number of rotatable bonds is 12. The molecule has 0 unspecified atom stereocenters. The first-order valence-electron chi connectivity index (χ1n) is 10.8. The van der Waals surface area contributed by atoms with Crippen molar-refractivity contribution in [2.45, 2.75) is 53.4 Å². The molecule has 1 aromatic carbocycles. The summed E-state index contributed by atoms with van der Waals surface area (Å²) in [7, 11) is 1.52. The van der Waals surface area contributed by atoms with Crippen LogP contribution in [0.15, 0.2) is 62.9 Å². The highest BCUT2D eigenvalue weighted by Crippen LogP contribution is 2.34. The van der Waals surface area contributed by atoms with Crippen LogP contribution in [-0.4, -0.2) is 20.3 Å². The predicted molar refractivity (Wildman–Crippen MR) is 126 cm³/mol. The van der Waals surface area contributed by atoms with Crippen molar-refractivity contribution in [1.29, 1.82) is 0 Å². The van der Waals surface area contributed by atoms with Crippen molar-refractivity contribution >= 4 is 11.0 Å². The number of hydrogen-bond donors (Lipinski definition) is 0. The van der Waals surface area contributed by atoms with E-state index in [1.807, 2.05) is 18.2 Å². The average Bonchev–Trinajstić information content (AvgIpc) is 2.73. The van der Waals surface area contributed by atoms with Crippen LogP contribution in [0.25, 0.3) is 11.0 Å². The summed E-state index contributed by atoms with van der Waals surface area (Å²) in [5.74, 6) is 1.10. The Kier molecular flexibility index (Phi) is 9.95. The van der Waals surface area contributed by atoms with Crippen molar-refractivity contribution in [3.63, 3.8) is 0 Å². The van der Waals surface area contributed by atoms with E-state index in [-0.39, 0.29) is 12.4 Å². The van der Waals surface area contributed by atoms with E-state index in [0.717, 1.165) is 25.7 Å². The van der Waals surface area contributed by atoms with E-state index >= 15 is 0 Å². The van der Waals surface area contributed by atoms with E-state index in [4.69, 9.17) is 18.6 Å². The van der Waals surface area contributed by atoms with Crippen molar-refractivity contribution < 1.29 is 18.6 Å². The third-order valence-corrected chi connectivity index (χ3v) is 4.70. The van der Waals surface area contributed by atoms with Crippen LogP contribution in [0.4, 0.5) is 0 Å². The molecular weight excluding hydrogens is 392 g/mol. The number of hydrogen-bond acceptors (Lipinski definition) is 5. The Bertz CT molecular complexity index is 991. The van der Waals surface area contributed by atoms with E-state index < -0.39 is 5.63 Å². The molecule has 1 heterocycles. The Balaban J connectivity index is 2.12. The Morgan fingerprint density at radius 1 is 1.03 bits per heavy atom. The van der Waals surface area contributed by atoms with Gasteiger partial charge in [-0.05, 0) is 64.7 Å². The van der Waals surface area contributed by atoms with Crippen LogP contribution in [0, 0.1) is 0 Å². The maximum Gasteiger partial charge on any atom is 0.383 e. The van der Waals surface area contributed by atoms with Gasteiger partial charge in [-0.2, -0.15) is 0 Å². The van der Waals surface area contributed by atoms with Crippen molar-refractivity contribution in [2.24, 2.45) is 0 Å². The molecule has 0 bridgehead atoms. The van der Waals surface area contributed by atoms with Gasteiger partial charge in [0.15, 0.2) is 5.75 Å². The first kappa shape index (κ1) is 24.3. The van der Waals surface area contributed by atoms with Gasteiger partial charge >= 0.3 is 5.63 Å². The van der Waals surface area contributed by atoms with Gasteiger partial charge in [0, 0.05) is 6.07 Å². The lowest BCUT2D eigenvalue weighted by atomic mass is 10.1. The zero-order chi connectivity index (χ0) is 22.6. The molecule has 2 aromatic rings. The maximum atomic E-state index is 12.5. The topological polar surface area (TPSA) is 57.9 Å². The summed E-state index contributed by atoms with van der Waals surface area (Å²) in [5.41, 5.74) is 2.36. The van der Waals surface area contributed by atoms with Crippen LogP contribution in [0.3, 0.4) is 0 Å². The zero-order valence-corrected chi connectivity index (χ0v) is 19.3. The maximum absolute atomic E-state index is 12.5. The van der Waals surface area contributed by atoms with Gasteiger partial charge in [0.05, 0.1) is 19.1 Å². The summed E-state index contributed by atoms with van der Waals surface area (Å²) in [6, 6.07) is 5.37. The quantitative estimate of drug-likeness (QED) is 0.217. The van der Waals surface area contributed by atoms with Gasteiger partial charge in [-0.3, -0.25) is 0 Å². The molecule has 0 aliphatic heterocycles. The standard InChI is InChI=1S/C26H34O5/c1-6-7-8-9-16-29-21-13-14-22-23(18-21)31-26(27)25(24(22)28-5)30-17-15-20(4)12-10-11-19(2)3/h7-8,11,13-15,18H,6,9-10,12,16-17H2,1-5H3/b8-7?,20-15+. The molecule has 0 aliphatic carbocycles. The second-order valence-electron chi connectivity index (χ2n) is 7.61. The Labute approximate surface area is 185 Å². The molecule has 0 aliphatic rings. The minimum absolute atomic E-state index is 0.0849. The monoisotopic (exact) mass is 426 g/mol. The van der Waals surface area contributed by atoms with Gasteiger partial charge in [0.1, 0.15) is 17.9 Å². The zero-order valence-electron chi connectivity index (χ0n) is 19.3. The average molecular weight is 427 g/mol. The summed E-state index contributed by atoms with van der Waals surface area (Å²) < 4.78 is 22.5. The van der Waals surface area contributed by atoms with Crippen LogP contribution in [0.2, 0.25) is 0 Å². The molecule has 168 valence electrons. The molecule has 5 heteroatoms. The van der Waals surface area contributed by atoms with Crippen molar-refractivity contribution in [2.75, 3.05) is 20.3 Å². The lowest BCUT2D eigenvalue weighted by Gasteiger charge is -2.12. The molecule has 0 fully saturated rings. The Morgan fingerprint density at radius 3 is 2.55 bits per heavy atom. The van der Waals surface area contributed by atoms with E-state index in [1.54, 1.807) is 6.07 Å². The van der Waals surface area contributed by atoms with Gasteiger partial charge in [0.25, 0.3) is 0 Å². The lowest BCUT2D eigenvalue weighted by molar-refractivity contribution is 0.308. The predicted octanol–water partition coefficient (Wildman–Crippen LogP) is 6.61. The molecule has 0 atom stereocenters. The summed E-state index contributed by atoms with van der Waals surface area (Å²) in [5, 5.41) is 0.666. The minimum atomic E-state index is -0.567. The molecule has 0 N–H and O–H groups in total. The number of methoxy groups -OCH3 is 1. The van der Waals surface area contributed by atoms with Crippen LogP contribution < -0.4 is 19.8 Å². The molecule has 1 aromatic heterocycles. The molecule has 0 radical (unpaired) electrons. The number of fused-ring (bicyclic) bond motifs is 1. The second kappa shape index (κ2) is 12.7. The second-order valence-corrected chi connectivity index (χ2v) is 7.61. The normalized spacial score (nSPS) is 11.7. The molecule has 2 rings (SSSR count). The summed E-state index contributed by atoms with van der Waals surface area (Å²) in [6.45, 7) is 9.17. The van der Waals surface area contributed by atoms with E-state index in [9.17, 15) is 4.79 Å². The number of ether oxygens (including phenoxy) is 3. The van der Waals surface area contributed by atoms with Crippen LogP contribution >= 0.6 is 0 Å². The first-order chi connectivity index (χ1) is 15.0. The van der Waals surface area contributed by atoms with Gasteiger partial charge in [-0.15, -0.1) is 0 Å². The molecule has 5 nitrogen and oxygen atoms in total. The molecule has 31 heavy (non-hydrogen) atoms. The largest absolute Gasteiger partial charge is 0.493 e. The summed E-state index contributed by atoms with van der Waals surface area (Å²) in [6.07, 6.45) is 12.2. The molecule has 0 saturated carbocycles. The lowest BCUT2D eigenvalue weighted by Crippen LogP contribution is -2.09. The van der Waals surface area contributed by atoms with Crippen LogP contribution in [0.1, 0.15) is 53.4 Å². The van der Waals surface area contributed by atoms with Gasteiger partial charge in [0.2, 0.25) is 5.75 Å². The van der Waals surface area contributed by atoms with Crippen molar-refractivity contribution in [3.8, 4) is 17.2 Å². The third-order valence-electron chi connectivity index (χ3n) is 4.70. The number of allylic oxidation sites excluding steroid dienone is 4. The minimum Gasteiger partial charge on any atom is -0.493 e. The molecule has 0 amide bonds. The highest BCUT2D eigenvalue weighted by Gasteiger charge is 2.17. The Hall–Kier alpha value is -2.95. The SMILES string of the molecule is CCC=CCCOc1ccc2c(OC)c(OC/C=C(\C)CCC=C(C)C)c(=O)oc2c1. The van der Waals surface area contributed by atoms with E-state index in [1.165, 1.54) is 18.3 Å². The molecule has 0 saturated heterocycles. The summed E-state index contributed by atoms with van der Waals surface area (Å²) >= 11 is 0. The van der Waals surface area contributed by atoms with Crippen LogP contribution in [0.5, 0.6) is 17.2 Å². The smallest absolute Gasteiger partial charge is 0.383 e. The fraction of sp³-hybridized carbons (Fsp3) is 0.423. The Morgan fingerprint density at radius 2 is 1.84 bits per heavy atom. The highest BCUT2D eigenvalue weighted by molar-refractivity contribution is 5.86. The van der Waals surface area contributed by atoms with E-state index in [0.29, 0.717) is 29.1 Å². The van der Waals surface area contributed by atoms with Gasteiger partial charge in [-0.1, -0.05) is 36.3 Å². The molecule has 0 spiro atoms. The van der Waals surface area contributed by atoms with Crippen molar-refractivity contribution in [1.82, 2.24) is 0 Å². The third kappa shape index (κ3) is 7.67. The van der Waals surface area contributed by atoms with Gasteiger partial charge in [-0.25, -0.2) is 4.79 Å². The number of benzene rings is 1. The molecular formula is C26H34O5. The van der Waals surface area contributed by atoms with E-state index in [2.05, 4.69) is 45.9 Å². The fourth-order valence-corrected chi connectivity index (χ4v) is 3.04. The first-order valence-corrected chi connectivity index (χ1v) is 10.8. The fourth-order valence-electron chi connectivity index (χ4n) is 3.04.